The van der Waals surface area contributed by atoms with E-state index in [0.29, 0.717) is 12.8 Å². The summed E-state index contributed by atoms with van der Waals surface area (Å²) in [7, 11) is 0. The van der Waals surface area contributed by atoms with Crippen molar-refractivity contribution in [2.24, 2.45) is 5.41 Å². The number of hydrazine groups is 1. The number of carbonyl (C=O) groups excluding carboxylic acids is 1. The second-order valence-electron chi connectivity index (χ2n) is 6.26. The number of carbonyl (C=O) groups is 2. The zero-order valence-corrected chi connectivity index (χ0v) is 12.2. The van der Waals surface area contributed by atoms with Crippen molar-refractivity contribution < 1.29 is 14.7 Å². The number of rotatable bonds is 4. The molecular formula is C15H26N2O3. The lowest BCUT2D eigenvalue weighted by atomic mass is 9.77. The van der Waals surface area contributed by atoms with Gasteiger partial charge < -0.3 is 5.11 Å². The molecule has 5 nitrogen and oxygen atoms in total. The van der Waals surface area contributed by atoms with Crippen molar-refractivity contribution in [1.82, 2.24) is 10.4 Å². The van der Waals surface area contributed by atoms with Crippen LogP contribution in [0.4, 0.5) is 0 Å². The molecule has 1 aliphatic carbocycles. The van der Waals surface area contributed by atoms with Gasteiger partial charge in [-0.3, -0.25) is 15.0 Å². The van der Waals surface area contributed by atoms with Crippen LogP contribution in [0.25, 0.3) is 0 Å². The van der Waals surface area contributed by atoms with Gasteiger partial charge in [0.05, 0.1) is 5.41 Å². The minimum absolute atomic E-state index is 0.124. The van der Waals surface area contributed by atoms with E-state index in [9.17, 15) is 14.7 Å². The lowest BCUT2D eigenvalue weighted by Gasteiger charge is -2.31. The van der Waals surface area contributed by atoms with Gasteiger partial charge in [-0.2, -0.15) is 0 Å². The third kappa shape index (κ3) is 3.95. The van der Waals surface area contributed by atoms with Crippen LogP contribution in [0.1, 0.15) is 64.2 Å². The van der Waals surface area contributed by atoms with E-state index in [0.717, 1.165) is 51.6 Å². The maximum Gasteiger partial charge on any atom is 0.310 e. The van der Waals surface area contributed by atoms with E-state index in [1.807, 2.05) is 5.01 Å². The Labute approximate surface area is 120 Å². The molecule has 0 aromatic heterocycles. The lowest BCUT2D eigenvalue weighted by molar-refractivity contribution is -0.153. The molecular weight excluding hydrogens is 256 g/mol. The SMILES string of the molecule is O=C(CC1(C(=O)O)CCCCCC1)NN1CCCCC1. The Kier molecular flexibility index (Phi) is 5.40. The van der Waals surface area contributed by atoms with Crippen molar-refractivity contribution >= 4 is 11.9 Å². The van der Waals surface area contributed by atoms with Crippen LogP contribution >= 0.6 is 0 Å². The lowest BCUT2D eigenvalue weighted by Crippen LogP contribution is -2.47. The van der Waals surface area contributed by atoms with Crippen LogP contribution in [0, 0.1) is 5.41 Å². The maximum absolute atomic E-state index is 12.2. The van der Waals surface area contributed by atoms with Gasteiger partial charge in [0.1, 0.15) is 0 Å². The Morgan fingerprint density at radius 3 is 2.05 bits per heavy atom. The fourth-order valence-corrected chi connectivity index (χ4v) is 3.40. The van der Waals surface area contributed by atoms with E-state index in [4.69, 9.17) is 0 Å². The molecule has 2 N–H and O–H groups in total. The van der Waals surface area contributed by atoms with Crippen molar-refractivity contribution in [1.29, 1.82) is 0 Å². The summed E-state index contributed by atoms with van der Waals surface area (Å²) in [6.45, 7) is 1.76. The number of hydrogen-bond donors (Lipinski definition) is 2. The zero-order valence-electron chi connectivity index (χ0n) is 12.2. The first-order valence-electron chi connectivity index (χ1n) is 7.90. The molecule has 5 heteroatoms. The normalized spacial score (nSPS) is 23.8. The highest BCUT2D eigenvalue weighted by atomic mass is 16.4. The molecule has 114 valence electrons. The summed E-state index contributed by atoms with van der Waals surface area (Å²) in [6.07, 6.45) is 8.82. The van der Waals surface area contributed by atoms with Crippen molar-refractivity contribution in [3.8, 4) is 0 Å². The van der Waals surface area contributed by atoms with Gasteiger partial charge in [-0.05, 0) is 25.7 Å². The van der Waals surface area contributed by atoms with Gasteiger partial charge in [0.2, 0.25) is 5.91 Å². The molecule has 1 aliphatic heterocycles. The van der Waals surface area contributed by atoms with Crippen LogP contribution < -0.4 is 5.43 Å². The molecule has 2 fully saturated rings. The highest BCUT2D eigenvalue weighted by Gasteiger charge is 2.40. The molecule has 1 saturated carbocycles. The topological polar surface area (TPSA) is 69.6 Å². The van der Waals surface area contributed by atoms with Crippen molar-refractivity contribution in [3.63, 3.8) is 0 Å². The molecule has 1 heterocycles. The van der Waals surface area contributed by atoms with Crippen LogP contribution in [0.2, 0.25) is 0 Å². The summed E-state index contributed by atoms with van der Waals surface area (Å²) >= 11 is 0. The molecule has 0 aromatic carbocycles. The van der Waals surface area contributed by atoms with Gasteiger partial charge in [-0.1, -0.05) is 32.1 Å². The predicted molar refractivity (Wildman–Crippen MR) is 76.0 cm³/mol. The van der Waals surface area contributed by atoms with E-state index in [1.165, 1.54) is 6.42 Å². The fourth-order valence-electron chi connectivity index (χ4n) is 3.40. The number of hydrogen-bond acceptors (Lipinski definition) is 3. The first-order valence-corrected chi connectivity index (χ1v) is 7.90. The van der Waals surface area contributed by atoms with Gasteiger partial charge in [-0.25, -0.2) is 5.01 Å². The van der Waals surface area contributed by atoms with Gasteiger partial charge >= 0.3 is 5.97 Å². The van der Waals surface area contributed by atoms with Gasteiger partial charge in [0.25, 0.3) is 0 Å². The third-order valence-electron chi connectivity index (χ3n) is 4.65. The summed E-state index contributed by atoms with van der Waals surface area (Å²) in [5.41, 5.74) is 2.06. The standard InChI is InChI=1S/C15H26N2O3/c18-13(16-17-10-6-3-7-11-17)12-15(14(19)20)8-4-1-2-5-9-15/h1-12H2,(H,16,18)(H,19,20). The minimum Gasteiger partial charge on any atom is -0.481 e. The van der Waals surface area contributed by atoms with Crippen molar-refractivity contribution in [3.05, 3.63) is 0 Å². The summed E-state index contributed by atoms with van der Waals surface area (Å²) in [6, 6.07) is 0. The minimum atomic E-state index is -0.837. The average molecular weight is 282 g/mol. The third-order valence-corrected chi connectivity index (χ3v) is 4.65. The van der Waals surface area contributed by atoms with Crippen LogP contribution in [0.5, 0.6) is 0 Å². The predicted octanol–water partition coefficient (Wildman–Crippen LogP) is 2.32. The molecule has 2 rings (SSSR count). The zero-order chi connectivity index (χ0) is 14.4. The second kappa shape index (κ2) is 7.07. The molecule has 20 heavy (non-hydrogen) atoms. The quantitative estimate of drug-likeness (QED) is 0.776. The van der Waals surface area contributed by atoms with Gasteiger partial charge in [-0.15, -0.1) is 0 Å². The van der Waals surface area contributed by atoms with E-state index in [1.54, 1.807) is 0 Å². The van der Waals surface area contributed by atoms with E-state index in [-0.39, 0.29) is 12.3 Å². The molecule has 0 spiro atoms. The number of carboxylic acid groups (broad SMARTS) is 1. The highest BCUT2D eigenvalue weighted by Crippen LogP contribution is 2.38. The molecule has 2 aliphatic rings. The van der Waals surface area contributed by atoms with Crippen LogP contribution in [0.15, 0.2) is 0 Å². The number of nitrogens with one attached hydrogen (secondary N) is 1. The maximum atomic E-state index is 12.2. The Hall–Kier alpha value is -1.10. The number of nitrogens with zero attached hydrogens (tertiary/aromatic N) is 1. The number of amides is 1. The van der Waals surface area contributed by atoms with Crippen LogP contribution in [-0.2, 0) is 9.59 Å². The second-order valence-corrected chi connectivity index (χ2v) is 6.26. The van der Waals surface area contributed by atoms with Crippen molar-refractivity contribution in [2.45, 2.75) is 64.2 Å². The smallest absolute Gasteiger partial charge is 0.310 e. The molecule has 1 amide bonds. The molecule has 1 saturated heterocycles. The largest absolute Gasteiger partial charge is 0.481 e. The molecule has 0 unspecified atom stereocenters. The molecule has 0 bridgehead atoms. The van der Waals surface area contributed by atoms with E-state index >= 15 is 0 Å². The first-order chi connectivity index (χ1) is 9.62. The Balaban J connectivity index is 1.92. The number of aliphatic carboxylic acids is 1. The highest BCUT2D eigenvalue weighted by molar-refractivity contribution is 5.84. The van der Waals surface area contributed by atoms with Crippen LogP contribution in [-0.4, -0.2) is 35.1 Å². The monoisotopic (exact) mass is 282 g/mol. The molecule has 0 aromatic rings. The number of carboxylic acids is 1. The molecule has 0 radical (unpaired) electrons. The van der Waals surface area contributed by atoms with Crippen molar-refractivity contribution in [2.75, 3.05) is 13.1 Å². The fraction of sp³-hybridized carbons (Fsp3) is 0.867. The summed E-state index contributed by atoms with van der Waals surface area (Å²) in [5.74, 6) is -0.926. The van der Waals surface area contributed by atoms with E-state index in [2.05, 4.69) is 5.43 Å². The van der Waals surface area contributed by atoms with E-state index < -0.39 is 11.4 Å². The molecule has 0 atom stereocenters. The Morgan fingerprint density at radius 1 is 0.950 bits per heavy atom. The number of piperidine rings is 1. The Bertz CT molecular complexity index is 343. The first kappa shape index (κ1) is 15.3. The van der Waals surface area contributed by atoms with Crippen LogP contribution in [0.3, 0.4) is 0 Å². The average Bonchev–Trinajstić information content (AvgIpc) is 2.66. The summed E-state index contributed by atoms with van der Waals surface area (Å²) in [5, 5.41) is 11.5. The Morgan fingerprint density at radius 2 is 1.50 bits per heavy atom. The summed E-state index contributed by atoms with van der Waals surface area (Å²) < 4.78 is 0. The summed E-state index contributed by atoms with van der Waals surface area (Å²) in [4.78, 5) is 23.8. The van der Waals surface area contributed by atoms with Gasteiger partial charge in [0.15, 0.2) is 0 Å². The van der Waals surface area contributed by atoms with Gasteiger partial charge in [0, 0.05) is 19.5 Å².